The Labute approximate surface area is 766 Å². The highest BCUT2D eigenvalue weighted by molar-refractivity contribution is 5.78. The molecule has 6 aliphatic rings. The minimum atomic E-state index is -3.48. The number of hydrogen-bond donors (Lipinski definition) is 24. The van der Waals surface area contributed by atoms with Crippen LogP contribution in [0.2, 0.25) is 0 Å². The minimum absolute atomic E-state index is 0.123. The first-order valence-corrected chi connectivity index (χ1v) is 47.8. The predicted molar refractivity (Wildman–Crippen MR) is 460 cm³/mol. The van der Waals surface area contributed by atoms with Gasteiger partial charge in [-0.05, 0) is 19.8 Å². The molecule has 42 heteroatoms. The van der Waals surface area contributed by atoms with E-state index in [0.29, 0.717) is 12.8 Å². The molecule has 0 aromatic carbocycles. The molecular weight excluding hydrogens is 1730 g/mol. The summed E-state index contributed by atoms with van der Waals surface area (Å²) in [5.41, 5.74) is 0. The third-order valence-electron chi connectivity index (χ3n) is 25.7. The van der Waals surface area contributed by atoms with E-state index in [0.717, 1.165) is 85.0 Å². The molecule has 0 aromatic heterocycles. The number of aliphatic carboxylic acids is 2. The van der Waals surface area contributed by atoms with E-state index in [1.165, 1.54) is 128 Å². The highest BCUT2D eigenvalue weighted by Crippen LogP contribution is 2.45. The van der Waals surface area contributed by atoms with Crippen molar-refractivity contribution in [3.8, 4) is 0 Å². The van der Waals surface area contributed by atoms with Gasteiger partial charge in [0.25, 0.3) is 11.6 Å². The molecule has 6 heterocycles. The smallest absolute Gasteiger partial charge is 0.364 e. The van der Waals surface area contributed by atoms with Gasteiger partial charge in [-0.2, -0.15) is 0 Å². The zero-order valence-electron chi connectivity index (χ0n) is 76.8. The van der Waals surface area contributed by atoms with Gasteiger partial charge in [-0.1, -0.05) is 213 Å². The van der Waals surface area contributed by atoms with E-state index in [1.54, 1.807) is 0 Å². The Kier molecular flexibility index (Phi) is 52.8. The lowest BCUT2D eigenvalue weighted by molar-refractivity contribution is -0.408. The Morgan fingerprint density at radius 1 is 0.389 bits per heavy atom. The third-order valence-corrected chi connectivity index (χ3v) is 25.7. The van der Waals surface area contributed by atoms with Crippen molar-refractivity contribution in [3.63, 3.8) is 0 Å². The van der Waals surface area contributed by atoms with Crippen molar-refractivity contribution in [1.82, 2.24) is 16.0 Å². The molecule has 764 valence electrons. The molecule has 34 atom stereocenters. The quantitative estimate of drug-likeness (QED) is 0.0325. The van der Waals surface area contributed by atoms with Crippen molar-refractivity contribution in [1.29, 1.82) is 0 Å². The lowest BCUT2D eigenvalue weighted by atomic mass is 9.86. The zero-order chi connectivity index (χ0) is 96.7. The van der Waals surface area contributed by atoms with E-state index in [4.69, 9.17) is 56.8 Å². The molecule has 0 aliphatic carbocycles. The first-order valence-electron chi connectivity index (χ1n) is 47.8. The summed E-state index contributed by atoms with van der Waals surface area (Å²) in [6.07, 6.45) is -28.5. The molecule has 0 radical (unpaired) electrons. The van der Waals surface area contributed by atoms with Gasteiger partial charge in [0.15, 0.2) is 25.2 Å². The second-order valence-corrected chi connectivity index (χ2v) is 36.4. The van der Waals surface area contributed by atoms with Crippen molar-refractivity contribution in [3.05, 3.63) is 0 Å². The standard InChI is InChI=1S/C89H159N3O39/c1-6-8-10-12-14-16-18-20-21-22-23-24-25-27-29-31-33-35-37-39-64(107)92-54(55(102)38-36-34-32-30-28-26-19-17-15-13-11-9-7-2)49-120-83-72(113)71(112)76(62(47-97)123-83)126-85-74(115)81(131-89(87(118)119)42-57(104)66(91-52(5)101)79(129-89)68(109)59(106)44-94)77(63(48-98)124-85)127-82-53(40-50(3)99)75(69(110)60(45-95)121-82)125-84-73(114)80(70(111)61(46-96)122-84)130-88(86(116)117)41-56(103)65(90-51(4)100)78(128-88)67(108)58(105)43-93/h53-63,65-85,93-98,102-106,108-115H,6-49H2,1-5H3,(H,90,100)(H,91,101)(H,92,107)(H,116,117)(H,118,119). The van der Waals surface area contributed by atoms with Crippen molar-refractivity contribution < 1.29 is 193 Å². The first kappa shape index (κ1) is 115. The zero-order valence-corrected chi connectivity index (χ0v) is 76.8. The largest absolute Gasteiger partial charge is 0.477 e. The van der Waals surface area contributed by atoms with E-state index < -0.39 is 302 Å². The van der Waals surface area contributed by atoms with E-state index >= 15 is 0 Å². The summed E-state index contributed by atoms with van der Waals surface area (Å²) in [6, 6.07) is -4.68. The highest BCUT2D eigenvalue weighted by atomic mass is 16.8. The van der Waals surface area contributed by atoms with Crippen LogP contribution in [0.1, 0.15) is 272 Å². The average molecular weight is 1900 g/mol. The summed E-state index contributed by atoms with van der Waals surface area (Å²) in [7, 11) is 0. The van der Waals surface area contributed by atoms with Gasteiger partial charge < -0.3 is 185 Å². The number of nitrogens with one attached hydrogen (secondary N) is 3. The lowest BCUT2D eigenvalue weighted by Crippen LogP contribution is -2.71. The van der Waals surface area contributed by atoms with E-state index in [2.05, 4.69) is 29.8 Å². The number of ether oxygens (including phenoxy) is 12. The highest BCUT2D eigenvalue weighted by Gasteiger charge is 2.64. The van der Waals surface area contributed by atoms with Crippen LogP contribution >= 0.6 is 0 Å². The van der Waals surface area contributed by atoms with Crippen LogP contribution in [0.3, 0.4) is 0 Å². The number of carbonyl (C=O) groups excluding carboxylic acids is 4. The molecule has 0 bridgehead atoms. The number of aliphatic hydroxyl groups is 19. The Hall–Kier alpha value is -4.22. The van der Waals surface area contributed by atoms with Crippen LogP contribution in [0.4, 0.5) is 0 Å². The molecule has 0 saturated carbocycles. The van der Waals surface area contributed by atoms with Crippen LogP contribution < -0.4 is 16.0 Å². The van der Waals surface area contributed by atoms with Crippen molar-refractivity contribution >= 4 is 35.4 Å². The molecule has 131 heavy (non-hydrogen) atoms. The predicted octanol–water partition coefficient (Wildman–Crippen LogP) is -0.994. The number of ketones is 1. The van der Waals surface area contributed by atoms with Crippen LogP contribution in [0.5, 0.6) is 0 Å². The van der Waals surface area contributed by atoms with Crippen LogP contribution in [-0.4, -0.2) is 390 Å². The van der Waals surface area contributed by atoms with Crippen LogP contribution in [0.25, 0.3) is 0 Å². The molecule has 0 spiro atoms. The number of carboxylic acid groups (broad SMARTS) is 2. The Morgan fingerprint density at radius 2 is 0.740 bits per heavy atom. The van der Waals surface area contributed by atoms with Gasteiger partial charge in [0, 0.05) is 45.4 Å². The number of unbranched alkanes of at least 4 members (excludes halogenated alkanes) is 30. The van der Waals surface area contributed by atoms with E-state index in [-0.39, 0.29) is 18.7 Å². The average Bonchev–Trinajstić information content (AvgIpc) is 0.752. The fraction of sp³-hybridized carbons (Fsp3) is 0.933. The van der Waals surface area contributed by atoms with Gasteiger partial charge in [-0.15, -0.1) is 0 Å². The van der Waals surface area contributed by atoms with Crippen LogP contribution in [-0.2, 0) is 85.6 Å². The maximum atomic E-state index is 14.1. The number of carbonyl (C=O) groups is 6. The van der Waals surface area contributed by atoms with Crippen LogP contribution in [0, 0.1) is 5.92 Å². The third kappa shape index (κ3) is 35.0. The number of carboxylic acids is 2. The number of amides is 3. The molecular formula is C89H159N3O39. The first-order chi connectivity index (χ1) is 62.6. The van der Waals surface area contributed by atoms with Gasteiger partial charge in [-0.25, -0.2) is 9.59 Å². The number of rotatable bonds is 65. The lowest BCUT2D eigenvalue weighted by Gasteiger charge is -2.53. The number of hydrogen-bond acceptors (Lipinski definition) is 37. The summed E-state index contributed by atoms with van der Waals surface area (Å²) in [5.74, 6) is -16.0. The maximum absolute atomic E-state index is 14.1. The molecule has 24 N–H and O–H groups in total. The van der Waals surface area contributed by atoms with Gasteiger partial charge in [0.1, 0.15) is 128 Å². The molecule has 0 aromatic rings. The Balaban J connectivity index is 1.26. The van der Waals surface area contributed by atoms with E-state index in [9.17, 15) is 136 Å². The normalized spacial score (nSPS) is 34.4. The van der Waals surface area contributed by atoms with Crippen molar-refractivity contribution in [2.75, 3.05) is 46.2 Å². The summed E-state index contributed by atoms with van der Waals surface area (Å²) in [6.45, 7) is -0.512. The molecule has 42 nitrogen and oxygen atoms in total. The Morgan fingerprint density at radius 3 is 1.14 bits per heavy atom. The fourth-order valence-electron chi connectivity index (χ4n) is 18.2. The molecule has 34 unspecified atom stereocenters. The van der Waals surface area contributed by atoms with Gasteiger partial charge in [0.05, 0.1) is 88.8 Å². The second-order valence-electron chi connectivity index (χ2n) is 36.4. The summed E-state index contributed by atoms with van der Waals surface area (Å²) in [5, 5.41) is 246. The molecule has 6 rings (SSSR count). The minimum Gasteiger partial charge on any atom is -0.477 e. The monoisotopic (exact) mass is 1890 g/mol. The maximum Gasteiger partial charge on any atom is 0.364 e. The van der Waals surface area contributed by atoms with Crippen molar-refractivity contribution in [2.45, 2.75) is 474 Å². The topological polar surface area (TPSA) is 674 Å². The fourth-order valence-corrected chi connectivity index (χ4v) is 18.2. The molecule has 6 aliphatic heterocycles. The van der Waals surface area contributed by atoms with E-state index in [1.807, 2.05) is 0 Å². The van der Waals surface area contributed by atoms with Gasteiger partial charge in [-0.3, -0.25) is 14.4 Å². The molecule has 3 amide bonds. The SMILES string of the molecule is CCCCCCCCCCCCCCCCCCCCCC(=O)NC(COC1OC(CO)C(OC2OC(CO)C(OC3OC(CO)C(O)C(OC4OC(CO)C(O)C(OC5(C(=O)O)CC(O)C(NC(C)=O)C(C(O)C(O)CO)O5)C4O)C3CC(C)=O)C(OC3(C(=O)O)CC(O)C(NC(C)=O)C(C(O)C(O)CO)O3)C2O)C(O)C1O)C(O)CCCCCCCCCCCCCCC. The summed E-state index contributed by atoms with van der Waals surface area (Å²) >= 11 is 0. The Bertz CT molecular complexity index is 3220. The van der Waals surface area contributed by atoms with Crippen LogP contribution in [0.15, 0.2) is 0 Å². The van der Waals surface area contributed by atoms with Gasteiger partial charge >= 0.3 is 11.9 Å². The van der Waals surface area contributed by atoms with Gasteiger partial charge in [0.2, 0.25) is 17.7 Å². The van der Waals surface area contributed by atoms with Crippen molar-refractivity contribution in [2.24, 2.45) is 5.92 Å². The summed E-state index contributed by atoms with van der Waals surface area (Å²) in [4.78, 5) is 79.9. The molecule has 6 saturated heterocycles. The number of Topliss-reactive ketones (excluding diaryl/α,β-unsaturated/α-hetero) is 1. The summed E-state index contributed by atoms with van der Waals surface area (Å²) < 4.78 is 72.9. The molecule has 6 fully saturated rings. The second kappa shape index (κ2) is 59.9. The number of aliphatic hydroxyl groups excluding tert-OH is 19.